The van der Waals surface area contributed by atoms with E-state index >= 15 is 0 Å². The van der Waals surface area contributed by atoms with E-state index in [1.807, 2.05) is 0 Å². The molecule has 0 amide bonds. The SMILES string of the molecule is CCN(CC)CCOC1=NS(=O)(=O)c2ccccc21. The fourth-order valence-electron chi connectivity index (χ4n) is 1.99. The predicted octanol–water partition coefficient (Wildman–Crippen LogP) is 1.49. The number of hydrogen-bond donors (Lipinski definition) is 0. The first-order valence-corrected chi connectivity index (χ1v) is 7.82. The molecule has 5 nitrogen and oxygen atoms in total. The van der Waals surface area contributed by atoms with Crippen LogP contribution >= 0.6 is 0 Å². The zero-order valence-electron chi connectivity index (χ0n) is 11.2. The van der Waals surface area contributed by atoms with Gasteiger partial charge in [-0.05, 0) is 25.2 Å². The second-order valence-corrected chi connectivity index (χ2v) is 5.82. The van der Waals surface area contributed by atoms with E-state index in [0.29, 0.717) is 12.2 Å². The van der Waals surface area contributed by atoms with E-state index < -0.39 is 10.0 Å². The molecule has 6 heteroatoms. The Hall–Kier alpha value is -1.40. The van der Waals surface area contributed by atoms with Crippen molar-refractivity contribution >= 4 is 15.9 Å². The van der Waals surface area contributed by atoms with Gasteiger partial charge >= 0.3 is 0 Å². The molecule has 0 aromatic heterocycles. The van der Waals surface area contributed by atoms with Crippen LogP contribution in [0.1, 0.15) is 19.4 Å². The number of likely N-dealkylation sites (N-methyl/N-ethyl adjacent to an activating group) is 1. The van der Waals surface area contributed by atoms with E-state index in [-0.39, 0.29) is 10.8 Å². The van der Waals surface area contributed by atoms with E-state index in [0.717, 1.165) is 19.6 Å². The van der Waals surface area contributed by atoms with Gasteiger partial charge in [-0.25, -0.2) is 0 Å². The van der Waals surface area contributed by atoms with Crippen molar-refractivity contribution in [2.24, 2.45) is 4.40 Å². The van der Waals surface area contributed by atoms with Crippen molar-refractivity contribution in [3.8, 4) is 0 Å². The number of nitrogens with zero attached hydrogens (tertiary/aromatic N) is 2. The molecule has 1 aliphatic heterocycles. The first-order chi connectivity index (χ1) is 9.08. The topological polar surface area (TPSA) is 59.0 Å². The number of ether oxygens (including phenoxy) is 1. The van der Waals surface area contributed by atoms with Gasteiger partial charge in [0.05, 0.1) is 5.56 Å². The molecular formula is C13H18N2O3S. The van der Waals surface area contributed by atoms with Crippen LogP contribution in [-0.2, 0) is 14.8 Å². The lowest BCUT2D eigenvalue weighted by Crippen LogP contribution is -2.27. The molecule has 0 N–H and O–H groups in total. The van der Waals surface area contributed by atoms with Crippen LogP contribution < -0.4 is 0 Å². The minimum atomic E-state index is -3.57. The van der Waals surface area contributed by atoms with Crippen molar-refractivity contribution in [2.75, 3.05) is 26.2 Å². The third-order valence-electron chi connectivity index (χ3n) is 3.14. The first-order valence-electron chi connectivity index (χ1n) is 6.38. The molecule has 1 aromatic carbocycles. The normalized spacial score (nSPS) is 16.3. The summed E-state index contributed by atoms with van der Waals surface area (Å²) in [5.74, 6) is 0.211. The molecule has 2 rings (SSSR count). The van der Waals surface area contributed by atoms with Gasteiger partial charge in [0.15, 0.2) is 0 Å². The van der Waals surface area contributed by atoms with E-state index in [1.54, 1.807) is 24.3 Å². The number of rotatable bonds is 5. The van der Waals surface area contributed by atoms with Crippen LogP contribution in [-0.4, -0.2) is 45.5 Å². The summed E-state index contributed by atoms with van der Waals surface area (Å²) in [5, 5.41) is 0. The predicted molar refractivity (Wildman–Crippen MR) is 73.9 cm³/mol. The molecule has 0 spiro atoms. The van der Waals surface area contributed by atoms with Crippen molar-refractivity contribution in [3.63, 3.8) is 0 Å². The third kappa shape index (κ3) is 2.96. The minimum absolute atomic E-state index is 0.211. The fraction of sp³-hybridized carbons (Fsp3) is 0.462. The van der Waals surface area contributed by atoms with E-state index in [1.165, 1.54) is 0 Å². The molecule has 0 saturated heterocycles. The molecule has 0 atom stereocenters. The maximum Gasteiger partial charge on any atom is 0.286 e. The minimum Gasteiger partial charge on any atom is -0.475 e. The van der Waals surface area contributed by atoms with Crippen LogP contribution in [0.25, 0.3) is 0 Å². The largest absolute Gasteiger partial charge is 0.475 e. The molecule has 104 valence electrons. The highest BCUT2D eigenvalue weighted by molar-refractivity contribution is 7.90. The van der Waals surface area contributed by atoms with E-state index in [9.17, 15) is 8.42 Å². The van der Waals surface area contributed by atoms with Crippen molar-refractivity contribution < 1.29 is 13.2 Å². The van der Waals surface area contributed by atoms with Gasteiger partial charge in [-0.15, -0.1) is 4.40 Å². The van der Waals surface area contributed by atoms with Crippen molar-refractivity contribution in [1.29, 1.82) is 0 Å². The molecule has 0 fully saturated rings. The van der Waals surface area contributed by atoms with Crippen LogP contribution in [0, 0.1) is 0 Å². The van der Waals surface area contributed by atoms with Gasteiger partial charge in [0, 0.05) is 6.54 Å². The second kappa shape index (κ2) is 5.71. The van der Waals surface area contributed by atoms with Gasteiger partial charge in [-0.3, -0.25) is 0 Å². The zero-order valence-corrected chi connectivity index (χ0v) is 12.0. The Labute approximate surface area is 114 Å². The molecule has 0 unspecified atom stereocenters. The fourth-order valence-corrected chi connectivity index (χ4v) is 3.14. The summed E-state index contributed by atoms with van der Waals surface area (Å²) in [7, 11) is -3.57. The average molecular weight is 282 g/mol. The average Bonchev–Trinajstić information content (AvgIpc) is 2.67. The van der Waals surface area contributed by atoms with E-state index in [4.69, 9.17) is 4.74 Å². The summed E-state index contributed by atoms with van der Waals surface area (Å²) >= 11 is 0. The third-order valence-corrected chi connectivity index (χ3v) is 4.46. The highest BCUT2D eigenvalue weighted by Gasteiger charge is 2.29. The second-order valence-electron chi connectivity index (χ2n) is 4.24. The quantitative estimate of drug-likeness (QED) is 0.821. The summed E-state index contributed by atoms with van der Waals surface area (Å²) in [5.41, 5.74) is 0.557. The van der Waals surface area contributed by atoms with Gasteiger partial charge in [0.25, 0.3) is 10.0 Å². The lowest BCUT2D eigenvalue weighted by Gasteiger charge is -2.17. The number of fused-ring (bicyclic) bond motifs is 1. The summed E-state index contributed by atoms with van der Waals surface area (Å²) in [6.45, 7) is 7.24. The number of benzene rings is 1. The maximum atomic E-state index is 11.8. The first kappa shape index (κ1) is 14.0. The van der Waals surface area contributed by atoms with Crippen molar-refractivity contribution in [1.82, 2.24) is 4.90 Å². The lowest BCUT2D eigenvalue weighted by atomic mass is 10.2. The van der Waals surface area contributed by atoms with Crippen LogP contribution in [0.2, 0.25) is 0 Å². The maximum absolute atomic E-state index is 11.8. The van der Waals surface area contributed by atoms with Gasteiger partial charge in [0.1, 0.15) is 11.5 Å². The summed E-state index contributed by atoms with van der Waals surface area (Å²) in [6, 6.07) is 6.73. The molecule has 0 bridgehead atoms. The summed E-state index contributed by atoms with van der Waals surface area (Å²) in [4.78, 5) is 2.43. The van der Waals surface area contributed by atoms with Gasteiger partial charge < -0.3 is 9.64 Å². The molecule has 19 heavy (non-hydrogen) atoms. The van der Waals surface area contributed by atoms with Crippen LogP contribution in [0.4, 0.5) is 0 Å². The Bertz CT molecular complexity index is 577. The van der Waals surface area contributed by atoms with Crippen molar-refractivity contribution in [3.05, 3.63) is 29.8 Å². The monoisotopic (exact) mass is 282 g/mol. The standard InChI is InChI=1S/C13H18N2O3S/c1-3-15(4-2)9-10-18-13-11-7-5-6-8-12(11)19(16,17)14-13/h5-8H,3-4,9-10H2,1-2H3. The molecule has 0 radical (unpaired) electrons. The zero-order chi connectivity index (χ0) is 13.9. The van der Waals surface area contributed by atoms with Gasteiger partial charge in [-0.1, -0.05) is 26.0 Å². The van der Waals surface area contributed by atoms with Crippen LogP contribution in [0.5, 0.6) is 0 Å². The Morgan fingerprint density at radius 1 is 1.21 bits per heavy atom. The molecule has 1 aliphatic rings. The molecule has 1 heterocycles. The Morgan fingerprint density at radius 2 is 1.89 bits per heavy atom. The van der Waals surface area contributed by atoms with E-state index in [2.05, 4.69) is 23.1 Å². The van der Waals surface area contributed by atoms with Gasteiger partial charge in [-0.2, -0.15) is 8.42 Å². The van der Waals surface area contributed by atoms with Crippen LogP contribution in [0.3, 0.4) is 0 Å². The Kier molecular flexibility index (Phi) is 4.21. The molecule has 0 saturated carbocycles. The highest BCUT2D eigenvalue weighted by atomic mass is 32.2. The smallest absolute Gasteiger partial charge is 0.286 e. The molecule has 0 aliphatic carbocycles. The van der Waals surface area contributed by atoms with Crippen LogP contribution in [0.15, 0.2) is 33.6 Å². The number of sulfonamides is 1. The number of hydrogen-bond acceptors (Lipinski definition) is 4. The Balaban J connectivity index is 2.07. The van der Waals surface area contributed by atoms with Crippen molar-refractivity contribution in [2.45, 2.75) is 18.7 Å². The molecule has 1 aromatic rings. The highest BCUT2D eigenvalue weighted by Crippen LogP contribution is 2.26. The van der Waals surface area contributed by atoms with Gasteiger partial charge in [0.2, 0.25) is 5.90 Å². The summed E-state index contributed by atoms with van der Waals surface area (Å²) in [6.07, 6.45) is 0. The Morgan fingerprint density at radius 3 is 2.58 bits per heavy atom. The lowest BCUT2D eigenvalue weighted by molar-refractivity contribution is 0.216. The summed E-state index contributed by atoms with van der Waals surface area (Å²) < 4.78 is 32.8. The molecular weight excluding hydrogens is 264 g/mol.